The Morgan fingerprint density at radius 3 is 2.65 bits per heavy atom. The fourth-order valence-electron chi connectivity index (χ4n) is 1.98. The van der Waals surface area contributed by atoms with Crippen LogP contribution < -0.4 is 5.32 Å². The van der Waals surface area contributed by atoms with Crippen LogP contribution in [0.25, 0.3) is 0 Å². The molecule has 1 rings (SSSR count). The first-order chi connectivity index (χ1) is 8.10. The molecule has 1 aliphatic rings. The summed E-state index contributed by atoms with van der Waals surface area (Å²) in [5.41, 5.74) is 0. The topological polar surface area (TPSA) is 72.5 Å². The molecule has 5 heteroatoms. The monoisotopic (exact) mass is 241 g/mol. The zero-order valence-corrected chi connectivity index (χ0v) is 10.3. The fourth-order valence-corrected chi connectivity index (χ4v) is 1.98. The number of nitrogens with one attached hydrogen (secondary N) is 1. The van der Waals surface area contributed by atoms with Crippen molar-refractivity contribution in [3.63, 3.8) is 0 Å². The molecule has 1 fully saturated rings. The normalized spacial score (nSPS) is 20.8. The van der Waals surface area contributed by atoms with Gasteiger partial charge >= 0.3 is 5.97 Å². The highest BCUT2D eigenvalue weighted by Gasteiger charge is 2.36. The Balaban J connectivity index is 2.66. The molecule has 0 saturated carbocycles. The SMILES string of the molecule is CCCC(C(=O)OCC)C(=O)[C@@H]1CCC(=O)N1. The van der Waals surface area contributed by atoms with Gasteiger partial charge in [0, 0.05) is 6.42 Å². The van der Waals surface area contributed by atoms with Crippen LogP contribution in [0.5, 0.6) is 0 Å². The van der Waals surface area contributed by atoms with E-state index in [0.717, 1.165) is 6.42 Å². The summed E-state index contributed by atoms with van der Waals surface area (Å²) in [6, 6.07) is -0.511. The fraction of sp³-hybridized carbons (Fsp3) is 0.750. The summed E-state index contributed by atoms with van der Waals surface area (Å²) >= 11 is 0. The summed E-state index contributed by atoms with van der Waals surface area (Å²) in [7, 11) is 0. The minimum atomic E-state index is -0.733. The second-order valence-electron chi connectivity index (χ2n) is 4.15. The van der Waals surface area contributed by atoms with Gasteiger partial charge in [-0.15, -0.1) is 0 Å². The summed E-state index contributed by atoms with van der Waals surface area (Å²) in [5, 5.41) is 2.59. The molecule has 96 valence electrons. The Morgan fingerprint density at radius 1 is 1.47 bits per heavy atom. The van der Waals surface area contributed by atoms with Gasteiger partial charge in [0.25, 0.3) is 0 Å². The van der Waals surface area contributed by atoms with Crippen molar-refractivity contribution in [2.24, 2.45) is 5.92 Å². The van der Waals surface area contributed by atoms with Gasteiger partial charge in [0.1, 0.15) is 5.92 Å². The van der Waals surface area contributed by atoms with E-state index in [0.29, 0.717) is 19.3 Å². The van der Waals surface area contributed by atoms with Crippen LogP contribution in [-0.4, -0.2) is 30.3 Å². The van der Waals surface area contributed by atoms with Gasteiger partial charge in [0.15, 0.2) is 5.78 Å². The smallest absolute Gasteiger partial charge is 0.316 e. The third-order valence-electron chi connectivity index (χ3n) is 2.83. The van der Waals surface area contributed by atoms with E-state index in [1.165, 1.54) is 0 Å². The Kier molecular flexibility index (Phi) is 5.12. The van der Waals surface area contributed by atoms with Crippen LogP contribution in [0.1, 0.15) is 39.5 Å². The van der Waals surface area contributed by atoms with Crippen molar-refractivity contribution in [1.29, 1.82) is 0 Å². The van der Waals surface area contributed by atoms with Gasteiger partial charge in [-0.25, -0.2) is 0 Å². The van der Waals surface area contributed by atoms with E-state index in [1.807, 2.05) is 6.92 Å². The molecule has 0 bridgehead atoms. The van der Waals surface area contributed by atoms with E-state index in [4.69, 9.17) is 4.74 Å². The van der Waals surface area contributed by atoms with Crippen molar-refractivity contribution in [1.82, 2.24) is 5.32 Å². The molecule has 1 amide bonds. The number of amides is 1. The van der Waals surface area contributed by atoms with Crippen molar-refractivity contribution >= 4 is 17.7 Å². The highest BCUT2D eigenvalue weighted by Crippen LogP contribution is 2.17. The van der Waals surface area contributed by atoms with Gasteiger partial charge in [-0.05, 0) is 19.8 Å². The molecule has 1 aliphatic heterocycles. The maximum atomic E-state index is 12.1. The first kappa shape index (κ1) is 13.7. The van der Waals surface area contributed by atoms with Crippen LogP contribution in [0.4, 0.5) is 0 Å². The molecular formula is C12H19NO4. The summed E-state index contributed by atoms with van der Waals surface area (Å²) in [5.74, 6) is -1.54. The molecule has 1 saturated heterocycles. The summed E-state index contributed by atoms with van der Waals surface area (Å²) in [4.78, 5) is 34.8. The van der Waals surface area contributed by atoms with E-state index in [2.05, 4.69) is 5.32 Å². The summed E-state index contributed by atoms with van der Waals surface area (Å²) in [6.07, 6.45) is 2.05. The molecule has 0 aliphatic carbocycles. The maximum Gasteiger partial charge on any atom is 0.316 e. The van der Waals surface area contributed by atoms with Crippen molar-refractivity contribution in [3.8, 4) is 0 Å². The highest BCUT2D eigenvalue weighted by atomic mass is 16.5. The zero-order valence-electron chi connectivity index (χ0n) is 10.3. The van der Waals surface area contributed by atoms with Gasteiger partial charge in [-0.3, -0.25) is 14.4 Å². The molecule has 0 spiro atoms. The van der Waals surface area contributed by atoms with Crippen LogP contribution in [0.2, 0.25) is 0 Å². The number of carbonyl (C=O) groups is 3. The predicted octanol–water partition coefficient (Wildman–Crippen LogP) is 0.813. The van der Waals surface area contributed by atoms with Crippen LogP contribution in [0.15, 0.2) is 0 Å². The third kappa shape index (κ3) is 3.54. The summed E-state index contributed by atoms with van der Waals surface area (Å²) < 4.78 is 4.89. The molecule has 0 radical (unpaired) electrons. The minimum Gasteiger partial charge on any atom is -0.465 e. The van der Waals surface area contributed by atoms with E-state index in [-0.39, 0.29) is 18.3 Å². The predicted molar refractivity (Wildman–Crippen MR) is 61.2 cm³/mol. The number of ether oxygens (including phenoxy) is 1. The van der Waals surface area contributed by atoms with Crippen molar-refractivity contribution in [3.05, 3.63) is 0 Å². The lowest BCUT2D eigenvalue weighted by Gasteiger charge is -2.17. The number of esters is 1. The van der Waals surface area contributed by atoms with Gasteiger partial charge in [0.05, 0.1) is 12.6 Å². The van der Waals surface area contributed by atoms with Gasteiger partial charge < -0.3 is 10.1 Å². The van der Waals surface area contributed by atoms with Gasteiger partial charge in [-0.1, -0.05) is 13.3 Å². The van der Waals surface area contributed by atoms with Crippen molar-refractivity contribution < 1.29 is 19.1 Å². The lowest BCUT2D eigenvalue weighted by molar-refractivity contribution is -0.152. The quantitative estimate of drug-likeness (QED) is 0.552. The molecule has 0 aromatic heterocycles. The van der Waals surface area contributed by atoms with Gasteiger partial charge in [-0.2, -0.15) is 0 Å². The van der Waals surface area contributed by atoms with Crippen LogP contribution in [0, 0.1) is 5.92 Å². The van der Waals surface area contributed by atoms with Crippen LogP contribution in [0.3, 0.4) is 0 Å². The third-order valence-corrected chi connectivity index (χ3v) is 2.83. The first-order valence-electron chi connectivity index (χ1n) is 6.09. The first-order valence-corrected chi connectivity index (χ1v) is 6.09. The zero-order chi connectivity index (χ0) is 12.8. The molecule has 0 aromatic rings. The van der Waals surface area contributed by atoms with E-state index in [9.17, 15) is 14.4 Å². The molecule has 17 heavy (non-hydrogen) atoms. The van der Waals surface area contributed by atoms with E-state index in [1.54, 1.807) is 6.92 Å². The van der Waals surface area contributed by atoms with Gasteiger partial charge in [0.2, 0.25) is 5.91 Å². The number of carbonyl (C=O) groups excluding carboxylic acids is 3. The number of hydrogen-bond donors (Lipinski definition) is 1. The standard InChI is InChI=1S/C12H19NO4/c1-3-5-8(12(16)17-4-2)11(15)9-6-7-10(14)13-9/h8-9H,3-7H2,1-2H3,(H,13,14)/t8?,9-/m0/s1. The lowest BCUT2D eigenvalue weighted by atomic mass is 9.93. The molecule has 2 atom stereocenters. The minimum absolute atomic E-state index is 0.123. The summed E-state index contributed by atoms with van der Waals surface area (Å²) in [6.45, 7) is 3.89. The Labute approximate surface area is 101 Å². The van der Waals surface area contributed by atoms with Crippen molar-refractivity contribution in [2.45, 2.75) is 45.6 Å². The second-order valence-corrected chi connectivity index (χ2v) is 4.15. The number of hydrogen-bond acceptors (Lipinski definition) is 4. The molecular weight excluding hydrogens is 222 g/mol. The number of rotatable bonds is 6. The lowest BCUT2D eigenvalue weighted by Crippen LogP contribution is -2.40. The average molecular weight is 241 g/mol. The van der Waals surface area contributed by atoms with Crippen molar-refractivity contribution in [2.75, 3.05) is 6.61 Å². The number of Topliss-reactive ketones (excluding diaryl/α,β-unsaturated/α-hetero) is 1. The van der Waals surface area contributed by atoms with E-state index >= 15 is 0 Å². The Hall–Kier alpha value is -1.39. The second kappa shape index (κ2) is 6.37. The van der Waals surface area contributed by atoms with Crippen LogP contribution in [-0.2, 0) is 19.1 Å². The van der Waals surface area contributed by atoms with E-state index < -0.39 is 17.9 Å². The Bertz CT molecular complexity index is 314. The molecule has 5 nitrogen and oxygen atoms in total. The van der Waals surface area contributed by atoms with Crippen LogP contribution >= 0.6 is 0 Å². The number of ketones is 1. The largest absolute Gasteiger partial charge is 0.465 e. The Morgan fingerprint density at radius 2 is 2.18 bits per heavy atom. The molecule has 1 unspecified atom stereocenters. The molecule has 1 heterocycles. The average Bonchev–Trinajstić information content (AvgIpc) is 2.72. The molecule has 0 aromatic carbocycles. The molecule has 1 N–H and O–H groups in total. The maximum absolute atomic E-state index is 12.1. The highest BCUT2D eigenvalue weighted by molar-refractivity contribution is 6.04.